The molecule has 70 heteroatoms. The van der Waals surface area contributed by atoms with Gasteiger partial charge in [0.1, 0.15) is 6.61 Å². The summed E-state index contributed by atoms with van der Waals surface area (Å²) in [5.74, 6) is -35.6. The van der Waals surface area contributed by atoms with Gasteiger partial charge in [-0.1, -0.05) is 0 Å². The number of halogens is 48. The third-order valence-corrected chi connectivity index (χ3v) is 8.04. The van der Waals surface area contributed by atoms with Crippen molar-refractivity contribution >= 4 is 24.3 Å². The number of aliphatic hydroxyl groups is 1. The first-order valence-electron chi connectivity index (χ1n) is 21.8. The SMILES string of the molecule is COC(C)(CO)OC.COC(C)(COC(=O)C(OC(F)(F)F)(OC(F)(F)F)C(F)(F)F)OC.FCF.O=C(F)C(OC(F)(F)F)(OC(F)(F)F)C(F)(F)F.O=C(OC(F)(F)C(F)(OC(F)(F)F)OC(F)(F)F)C(OC(F)(F)F)(OC(F)(F)F)C(F)(F)F.O=[C-]C(OC(F)(F)F)(OC(F)(F)F)C(F)(F)F.[Y]. The molecule has 0 aliphatic rings. The van der Waals surface area contributed by atoms with Crippen molar-refractivity contribution in [2.45, 2.75) is 149 Å². The minimum atomic E-state index is -7.58. The average Bonchev–Trinajstić information content (AvgIpc) is 0.769. The van der Waals surface area contributed by atoms with E-state index in [1.54, 1.807) is 16.4 Å². The average molecular weight is 1780 g/mol. The molecule has 21 nitrogen and oxygen atoms in total. The Morgan fingerprint density at radius 1 is 0.333 bits per heavy atom. The van der Waals surface area contributed by atoms with Gasteiger partial charge in [-0.3, -0.25) is 14.3 Å². The molecule has 0 spiro atoms. The number of ether oxygens (including phenoxy) is 16. The van der Waals surface area contributed by atoms with Crippen LogP contribution in [0.1, 0.15) is 13.8 Å². The van der Waals surface area contributed by atoms with Gasteiger partial charge in [0.2, 0.25) is 6.93 Å². The number of methoxy groups -OCH3 is 4. The number of alkyl halides is 47. The fraction of sp³-hybridized carbons (Fsp3) is 0.886. The van der Waals surface area contributed by atoms with Crippen LogP contribution in [0.5, 0.6) is 0 Å². The Kier molecular flexibility index (Phi) is 42.6. The third kappa shape index (κ3) is 43.4. The Labute approximate surface area is 565 Å². The number of hydrogen-bond acceptors (Lipinski definition) is 21. The maximum absolute atomic E-state index is 13.6. The van der Waals surface area contributed by atoms with E-state index in [-0.39, 0.29) is 39.3 Å². The van der Waals surface area contributed by atoms with E-state index in [2.05, 4.69) is 23.7 Å². The molecule has 0 atom stereocenters. The summed E-state index contributed by atoms with van der Waals surface area (Å²) in [5.41, 5.74) is 0. The van der Waals surface area contributed by atoms with Gasteiger partial charge in [-0.2, -0.15) is 76.5 Å². The number of hydrogen-bond donors (Lipinski definition) is 1. The zero-order valence-electron chi connectivity index (χ0n) is 48.5. The normalized spacial score (nSPS) is 14.4. The number of esters is 2. The van der Waals surface area contributed by atoms with Crippen molar-refractivity contribution in [2.24, 2.45) is 0 Å². The van der Waals surface area contributed by atoms with Crippen LogP contribution < -0.4 is 0 Å². The second kappa shape index (κ2) is 39.4. The van der Waals surface area contributed by atoms with E-state index < -0.39 is 173 Å². The largest absolute Gasteiger partial charge is 0.536 e. The predicted octanol–water partition coefficient (Wildman–Crippen LogP) is 14.1. The molecule has 0 aliphatic carbocycles. The van der Waals surface area contributed by atoms with Gasteiger partial charge in [0, 0.05) is 61.1 Å². The number of carbonyl (C=O) groups is 3. The van der Waals surface area contributed by atoms with Gasteiger partial charge in [-0.05, 0) is 13.8 Å². The van der Waals surface area contributed by atoms with Gasteiger partial charge < -0.3 is 38.3 Å². The number of carbonyl (C=O) groups excluding carboxylic acids is 4. The Balaban J connectivity index is -0.000000238. The quantitative estimate of drug-likeness (QED) is 0.0329. The monoisotopic (exact) mass is 1780 g/mol. The maximum atomic E-state index is 13.6. The Bertz CT molecular complexity index is 2460. The first-order chi connectivity index (χ1) is 44.8. The number of rotatable bonds is 23. The van der Waals surface area contributed by atoms with Crippen molar-refractivity contribution in [1.82, 2.24) is 0 Å². The molecule has 0 amide bonds. The minimum Gasteiger partial charge on any atom is -0.536 e. The van der Waals surface area contributed by atoms with Crippen LogP contribution in [0.25, 0.3) is 0 Å². The molecule has 0 aromatic carbocycles. The molecule has 0 fully saturated rings. The molecule has 0 aromatic rings. The van der Waals surface area contributed by atoms with Crippen molar-refractivity contribution in [3.63, 3.8) is 0 Å². The minimum absolute atomic E-state index is 0. The maximum Gasteiger partial charge on any atom is 0.527 e. The molecule has 105 heavy (non-hydrogen) atoms. The molecule has 0 aliphatic heterocycles. The predicted molar refractivity (Wildman–Crippen MR) is 203 cm³/mol. The molecule has 1 N–H and O–H groups in total. The zero-order chi connectivity index (χ0) is 85.9. The number of aliphatic hydroxyl groups excluding tert-OH is 1. The fourth-order valence-corrected chi connectivity index (χ4v) is 3.93. The van der Waals surface area contributed by atoms with Gasteiger partial charge >= 0.3 is 136 Å². The molecular formula is C35H25F48O21Y-. The van der Waals surface area contributed by atoms with E-state index in [9.17, 15) is 230 Å². The van der Waals surface area contributed by atoms with Crippen molar-refractivity contribution in [3.8, 4) is 0 Å². The van der Waals surface area contributed by atoms with E-state index in [1.807, 2.05) is 23.7 Å². The molecule has 0 saturated carbocycles. The van der Waals surface area contributed by atoms with Crippen LogP contribution in [-0.2, 0) is 128 Å². The summed E-state index contributed by atoms with van der Waals surface area (Å²) in [6, 6.07) is -11.4. The van der Waals surface area contributed by atoms with Crippen molar-refractivity contribution in [3.05, 3.63) is 0 Å². The molecule has 0 heterocycles. The molecule has 0 bridgehead atoms. The van der Waals surface area contributed by atoms with Gasteiger partial charge in [0.15, 0.2) is 17.4 Å². The molecule has 631 valence electrons. The smallest absolute Gasteiger partial charge is 0.527 e. The van der Waals surface area contributed by atoms with Gasteiger partial charge in [-0.25, -0.2) is 56.3 Å². The van der Waals surface area contributed by atoms with E-state index >= 15 is 0 Å². The van der Waals surface area contributed by atoms with Crippen molar-refractivity contribution < 1.29 is 344 Å². The first kappa shape index (κ1) is 114. The van der Waals surface area contributed by atoms with Gasteiger partial charge in [0.25, 0.3) is 0 Å². The summed E-state index contributed by atoms with van der Waals surface area (Å²) in [6.45, 7) is -0.573. The summed E-state index contributed by atoms with van der Waals surface area (Å²) in [4.78, 5) is 42.2. The Hall–Kier alpha value is -4.58. The van der Waals surface area contributed by atoms with Crippen molar-refractivity contribution in [2.75, 3.05) is 48.6 Å². The third-order valence-electron chi connectivity index (χ3n) is 8.04. The Morgan fingerprint density at radius 3 is 0.695 bits per heavy atom. The summed E-state index contributed by atoms with van der Waals surface area (Å²) >= 11 is 0. The van der Waals surface area contributed by atoms with Crippen LogP contribution in [0, 0.1) is 0 Å². The van der Waals surface area contributed by atoms with Gasteiger partial charge in [0.05, 0.1) is 6.61 Å². The summed E-state index contributed by atoms with van der Waals surface area (Å²) < 4.78 is 619. The van der Waals surface area contributed by atoms with E-state index in [4.69, 9.17) is 14.6 Å². The molecule has 0 unspecified atom stereocenters. The van der Waals surface area contributed by atoms with Crippen LogP contribution in [0.4, 0.5) is 211 Å². The first-order valence-corrected chi connectivity index (χ1v) is 21.8. The van der Waals surface area contributed by atoms with E-state index in [0.717, 1.165) is 21.1 Å². The summed E-state index contributed by atoms with van der Waals surface area (Å²) in [6.07, 6.45) is -102. The van der Waals surface area contributed by atoms with Crippen LogP contribution >= 0.6 is 0 Å². The molecule has 0 aromatic heterocycles. The van der Waals surface area contributed by atoms with Crippen LogP contribution in [0.3, 0.4) is 0 Å². The molecule has 0 saturated heterocycles. The van der Waals surface area contributed by atoms with Crippen LogP contribution in [-0.4, -0.2) is 213 Å². The van der Waals surface area contributed by atoms with Gasteiger partial charge in [-0.15, -0.1) is 132 Å². The van der Waals surface area contributed by atoms with Crippen LogP contribution in [0.15, 0.2) is 0 Å². The molecular weight excluding hydrogens is 1760 g/mol. The molecule has 0 rings (SSSR count). The summed E-state index contributed by atoms with van der Waals surface area (Å²) in [5, 5.41) is 8.54. The van der Waals surface area contributed by atoms with Crippen LogP contribution in [0.2, 0.25) is 0 Å². The second-order valence-electron chi connectivity index (χ2n) is 15.7. The zero-order valence-corrected chi connectivity index (χ0v) is 51.3. The Morgan fingerprint density at radius 2 is 0.543 bits per heavy atom. The molecule has 1 radical (unpaired) electrons. The summed E-state index contributed by atoms with van der Waals surface area (Å²) in [7, 11) is 4.79. The standard InChI is InChI=1S/C10H11F9O6.C9F18O6.C5F10O3.C5F9O3.C5H12O3.CH2F2.Y/c1-6(21-2,22-3)4-23-5(20)7(8(11,12)13,24-9(14,15)16)25-10(17,18)19;10-3(11,12)2(30-6(16,17)18,31-7(19,20)21)1(28)29-4(13,14)5(15,32-8(22,23)24)33-9(25,26)27;6-1(16)2(3(7,8)9,17-4(10,11)12)18-5(13,14)15;6-3(7,8)2(1-15,16-4(9,10)11)17-5(12,13)14;1-5(4-6,7-2)8-3;2-1-3;/h4H2,1-3H3;;;;6H,4H2,1-3H3;1H2;/q;;;-1;;;. The second-order valence-corrected chi connectivity index (χ2v) is 15.7. The topological polar surface area (TPSA) is 236 Å². The van der Waals surface area contributed by atoms with E-state index in [1.165, 1.54) is 23.7 Å². The van der Waals surface area contributed by atoms with Crippen molar-refractivity contribution in [1.29, 1.82) is 0 Å². The fourth-order valence-electron chi connectivity index (χ4n) is 3.93. The van der Waals surface area contributed by atoms with E-state index in [0.29, 0.717) is 0 Å².